The van der Waals surface area contributed by atoms with Crippen molar-refractivity contribution < 1.29 is 9.90 Å². The minimum Gasteiger partial charge on any atom is -0.478 e. The number of aromatic nitrogens is 1. The molecule has 0 spiro atoms. The van der Waals surface area contributed by atoms with Gasteiger partial charge in [0.25, 0.3) is 0 Å². The van der Waals surface area contributed by atoms with E-state index in [9.17, 15) is 4.79 Å². The highest BCUT2D eigenvalue weighted by atomic mass is 32.1. The first-order chi connectivity index (χ1) is 6.70. The van der Waals surface area contributed by atoms with Crippen LogP contribution in [0.25, 0.3) is 10.2 Å². The van der Waals surface area contributed by atoms with Gasteiger partial charge in [-0.05, 0) is 18.2 Å². The number of carbonyl (C=O) groups is 1. The van der Waals surface area contributed by atoms with Gasteiger partial charge in [0.1, 0.15) is 5.01 Å². The summed E-state index contributed by atoms with van der Waals surface area (Å²) in [4.78, 5) is 14.9. The van der Waals surface area contributed by atoms with Crippen molar-refractivity contribution >= 4 is 27.5 Å². The van der Waals surface area contributed by atoms with Gasteiger partial charge in [0.2, 0.25) is 0 Å². The van der Waals surface area contributed by atoms with Crippen LogP contribution >= 0.6 is 11.3 Å². The second kappa shape index (κ2) is 3.36. The van der Waals surface area contributed by atoms with E-state index in [1.54, 1.807) is 18.2 Å². The molecule has 14 heavy (non-hydrogen) atoms. The first-order valence-electron chi connectivity index (χ1n) is 4.03. The summed E-state index contributed by atoms with van der Waals surface area (Å²) in [6, 6.07) is 4.87. The van der Waals surface area contributed by atoms with Crippen LogP contribution in [0, 0.1) is 0 Å². The van der Waals surface area contributed by atoms with Gasteiger partial charge < -0.3 is 10.8 Å². The van der Waals surface area contributed by atoms with Crippen LogP contribution in [0.4, 0.5) is 0 Å². The SMILES string of the molecule is NCc1nc2ccc(C(=O)O)cc2s1. The number of hydrogen-bond acceptors (Lipinski definition) is 4. The Kier molecular flexibility index (Phi) is 2.18. The van der Waals surface area contributed by atoms with Crippen LogP contribution in [0.5, 0.6) is 0 Å². The maximum Gasteiger partial charge on any atom is 0.335 e. The lowest BCUT2D eigenvalue weighted by Crippen LogP contribution is -1.94. The predicted molar refractivity (Wildman–Crippen MR) is 54.5 cm³/mol. The van der Waals surface area contributed by atoms with Crippen molar-refractivity contribution in [1.82, 2.24) is 4.98 Å². The lowest BCUT2D eigenvalue weighted by molar-refractivity contribution is 0.0697. The number of aromatic carboxylic acids is 1. The molecule has 0 saturated heterocycles. The minimum atomic E-state index is -0.922. The van der Waals surface area contributed by atoms with Crippen molar-refractivity contribution in [3.8, 4) is 0 Å². The van der Waals surface area contributed by atoms with Crippen molar-refractivity contribution in [2.24, 2.45) is 5.73 Å². The highest BCUT2D eigenvalue weighted by Crippen LogP contribution is 2.22. The number of benzene rings is 1. The van der Waals surface area contributed by atoms with Gasteiger partial charge in [0, 0.05) is 6.54 Å². The van der Waals surface area contributed by atoms with Gasteiger partial charge in [-0.1, -0.05) is 0 Å². The van der Waals surface area contributed by atoms with E-state index in [2.05, 4.69) is 4.98 Å². The van der Waals surface area contributed by atoms with E-state index in [4.69, 9.17) is 10.8 Å². The molecular formula is C9H8N2O2S. The summed E-state index contributed by atoms with van der Waals surface area (Å²) in [6.07, 6.45) is 0. The molecule has 1 aromatic heterocycles. The highest BCUT2D eigenvalue weighted by molar-refractivity contribution is 7.18. The molecule has 0 atom stereocenters. The van der Waals surface area contributed by atoms with E-state index in [0.29, 0.717) is 6.54 Å². The van der Waals surface area contributed by atoms with Crippen LogP contribution in [0.3, 0.4) is 0 Å². The third kappa shape index (κ3) is 1.47. The van der Waals surface area contributed by atoms with Gasteiger partial charge in [0.15, 0.2) is 0 Å². The molecule has 72 valence electrons. The van der Waals surface area contributed by atoms with E-state index >= 15 is 0 Å². The van der Waals surface area contributed by atoms with Gasteiger partial charge >= 0.3 is 5.97 Å². The van der Waals surface area contributed by atoms with E-state index < -0.39 is 5.97 Å². The number of nitrogens with two attached hydrogens (primary N) is 1. The Hall–Kier alpha value is -1.46. The van der Waals surface area contributed by atoms with Gasteiger partial charge in [-0.3, -0.25) is 0 Å². The minimum absolute atomic E-state index is 0.282. The predicted octanol–water partition coefficient (Wildman–Crippen LogP) is 1.45. The Bertz CT molecular complexity index is 493. The van der Waals surface area contributed by atoms with Crippen molar-refractivity contribution in [3.05, 3.63) is 28.8 Å². The van der Waals surface area contributed by atoms with Crippen molar-refractivity contribution in [2.75, 3.05) is 0 Å². The monoisotopic (exact) mass is 208 g/mol. The van der Waals surface area contributed by atoms with Gasteiger partial charge in [-0.15, -0.1) is 11.3 Å². The first-order valence-corrected chi connectivity index (χ1v) is 4.85. The number of thiazole rings is 1. The second-order valence-corrected chi connectivity index (χ2v) is 3.91. The molecule has 0 amide bonds. The molecule has 3 N–H and O–H groups in total. The van der Waals surface area contributed by atoms with Gasteiger partial charge in [-0.25, -0.2) is 9.78 Å². The third-order valence-electron chi connectivity index (χ3n) is 1.85. The molecule has 2 aromatic rings. The zero-order chi connectivity index (χ0) is 10.1. The number of carboxylic acid groups (broad SMARTS) is 1. The van der Waals surface area contributed by atoms with E-state index in [0.717, 1.165) is 15.2 Å². The summed E-state index contributed by atoms with van der Waals surface area (Å²) >= 11 is 1.43. The average molecular weight is 208 g/mol. The van der Waals surface area contributed by atoms with E-state index in [1.165, 1.54) is 11.3 Å². The van der Waals surface area contributed by atoms with Crippen molar-refractivity contribution in [1.29, 1.82) is 0 Å². The second-order valence-electron chi connectivity index (χ2n) is 2.80. The average Bonchev–Trinajstić information content (AvgIpc) is 2.58. The zero-order valence-corrected chi connectivity index (χ0v) is 8.04. The number of rotatable bonds is 2. The number of fused-ring (bicyclic) bond motifs is 1. The quantitative estimate of drug-likeness (QED) is 0.783. The first kappa shape index (κ1) is 9.11. The normalized spacial score (nSPS) is 10.6. The smallest absolute Gasteiger partial charge is 0.335 e. The Balaban J connectivity index is 2.59. The Morgan fingerprint density at radius 3 is 3.00 bits per heavy atom. The van der Waals surface area contributed by atoms with Gasteiger partial charge in [0.05, 0.1) is 15.8 Å². The molecule has 0 aliphatic rings. The van der Waals surface area contributed by atoms with Gasteiger partial charge in [-0.2, -0.15) is 0 Å². The Morgan fingerprint density at radius 2 is 2.36 bits per heavy atom. The fraction of sp³-hybridized carbons (Fsp3) is 0.111. The largest absolute Gasteiger partial charge is 0.478 e. The molecule has 2 rings (SSSR count). The highest BCUT2D eigenvalue weighted by Gasteiger charge is 2.06. The summed E-state index contributed by atoms with van der Waals surface area (Å²) in [6.45, 7) is 0.391. The molecule has 0 unspecified atom stereocenters. The molecule has 1 heterocycles. The topological polar surface area (TPSA) is 76.2 Å². The van der Waals surface area contributed by atoms with E-state index in [-0.39, 0.29) is 5.56 Å². The standard InChI is InChI=1S/C9H8N2O2S/c10-4-8-11-6-2-1-5(9(12)13)3-7(6)14-8/h1-3H,4,10H2,(H,12,13). The Labute approximate surface area is 84.0 Å². The maximum absolute atomic E-state index is 10.7. The molecule has 4 nitrogen and oxygen atoms in total. The van der Waals surface area contributed by atoms with Crippen LogP contribution in [0.2, 0.25) is 0 Å². The molecule has 0 fully saturated rings. The number of hydrogen-bond donors (Lipinski definition) is 2. The molecule has 0 radical (unpaired) electrons. The summed E-state index contributed by atoms with van der Waals surface area (Å²) in [5.41, 5.74) is 6.53. The van der Waals surface area contributed by atoms with E-state index in [1.807, 2.05) is 0 Å². The molecule has 1 aromatic carbocycles. The van der Waals surface area contributed by atoms with Crippen LogP contribution < -0.4 is 5.73 Å². The zero-order valence-electron chi connectivity index (χ0n) is 7.23. The van der Waals surface area contributed by atoms with Crippen LogP contribution in [-0.2, 0) is 6.54 Å². The lowest BCUT2D eigenvalue weighted by atomic mass is 10.2. The summed E-state index contributed by atoms with van der Waals surface area (Å²) < 4.78 is 0.866. The number of nitrogens with zero attached hydrogens (tertiary/aromatic N) is 1. The fourth-order valence-electron chi connectivity index (χ4n) is 1.19. The summed E-state index contributed by atoms with van der Waals surface area (Å²) in [5.74, 6) is -0.922. The molecule has 0 aliphatic heterocycles. The van der Waals surface area contributed by atoms with Crippen molar-refractivity contribution in [2.45, 2.75) is 6.54 Å². The molecule has 0 saturated carbocycles. The number of carboxylic acids is 1. The van der Waals surface area contributed by atoms with Crippen LogP contribution in [0.15, 0.2) is 18.2 Å². The van der Waals surface area contributed by atoms with Crippen molar-refractivity contribution in [3.63, 3.8) is 0 Å². The molecule has 5 heteroatoms. The molecule has 0 bridgehead atoms. The van der Waals surface area contributed by atoms with Crippen LogP contribution in [0.1, 0.15) is 15.4 Å². The molecular weight excluding hydrogens is 200 g/mol. The lowest BCUT2D eigenvalue weighted by Gasteiger charge is -1.91. The maximum atomic E-state index is 10.7. The molecule has 0 aliphatic carbocycles. The summed E-state index contributed by atoms with van der Waals surface area (Å²) in [7, 11) is 0. The fourth-order valence-corrected chi connectivity index (χ4v) is 2.08. The Morgan fingerprint density at radius 1 is 1.57 bits per heavy atom. The summed E-state index contributed by atoms with van der Waals surface area (Å²) in [5, 5.41) is 9.59. The van der Waals surface area contributed by atoms with Crippen LogP contribution in [-0.4, -0.2) is 16.1 Å². The third-order valence-corrected chi connectivity index (χ3v) is 2.89.